The number of nitrogens with zero attached hydrogens (tertiary/aromatic N) is 1. The number of ether oxygens (including phenoxy) is 3. The molecule has 1 fully saturated rings. The van der Waals surface area contributed by atoms with E-state index in [4.69, 9.17) is 14.2 Å². The third-order valence-corrected chi connectivity index (χ3v) is 12.2. The molecule has 0 aliphatic carbocycles. The Morgan fingerprint density at radius 2 is 0.839 bits per heavy atom. The third kappa shape index (κ3) is 30.4. The zero-order valence-electron chi connectivity index (χ0n) is 38.4. The fourth-order valence-corrected chi connectivity index (χ4v) is 7.85. The molecule has 0 spiro atoms. The van der Waals surface area contributed by atoms with Gasteiger partial charge in [0.15, 0.2) is 0 Å². The van der Waals surface area contributed by atoms with Gasteiger partial charge in [0.2, 0.25) is 0 Å². The van der Waals surface area contributed by atoms with Gasteiger partial charge in [0.05, 0.1) is 19.6 Å². The van der Waals surface area contributed by atoms with Crippen LogP contribution in [0.1, 0.15) is 222 Å². The van der Waals surface area contributed by atoms with Gasteiger partial charge in [0.1, 0.15) is 6.10 Å². The lowest BCUT2D eigenvalue weighted by molar-refractivity contribution is -0.150. The van der Waals surface area contributed by atoms with E-state index in [1.807, 2.05) is 0 Å². The highest BCUT2D eigenvalue weighted by Gasteiger charge is 2.19. The average Bonchev–Trinajstić information content (AvgIpc) is 3.15. The minimum absolute atomic E-state index is 0.0248. The first-order chi connectivity index (χ1) is 26.9. The molecule has 1 heterocycles. The molecular weight excluding hydrogens is 699 g/mol. The SMILES string of the molecule is CC(C)CCC(COC(=O)CCCCCCCCCC(CCCCCCCCCC(=O)OCC(CCC(C)C)C(C)C)OC(=O)CCN1CCCCC1)C(C)C. The fourth-order valence-electron chi connectivity index (χ4n) is 7.85. The second-order valence-corrected chi connectivity index (χ2v) is 19.1. The first-order valence-electron chi connectivity index (χ1n) is 24.1. The Hall–Kier alpha value is -1.63. The van der Waals surface area contributed by atoms with Gasteiger partial charge in [-0.15, -0.1) is 0 Å². The topological polar surface area (TPSA) is 82.1 Å². The molecule has 1 aliphatic rings. The number of piperidine rings is 1. The van der Waals surface area contributed by atoms with Crippen molar-refractivity contribution in [1.29, 1.82) is 0 Å². The molecule has 0 aromatic carbocycles. The van der Waals surface area contributed by atoms with E-state index in [1.165, 1.54) is 70.6 Å². The van der Waals surface area contributed by atoms with Gasteiger partial charge in [-0.1, -0.05) is 139 Å². The van der Waals surface area contributed by atoms with E-state index in [2.05, 4.69) is 60.3 Å². The fraction of sp³-hybridized carbons (Fsp3) is 0.939. The highest BCUT2D eigenvalue weighted by atomic mass is 16.5. The number of unbranched alkanes of at least 4 members (excludes halogenated alkanes) is 12. The molecule has 0 aromatic heterocycles. The highest BCUT2D eigenvalue weighted by Crippen LogP contribution is 2.23. The number of carbonyl (C=O) groups is 3. The van der Waals surface area contributed by atoms with Crippen molar-refractivity contribution in [3.05, 3.63) is 0 Å². The van der Waals surface area contributed by atoms with Gasteiger partial charge in [-0.2, -0.15) is 0 Å². The maximum Gasteiger partial charge on any atom is 0.307 e. The predicted octanol–water partition coefficient (Wildman–Crippen LogP) is 13.3. The van der Waals surface area contributed by atoms with Crippen LogP contribution in [0.15, 0.2) is 0 Å². The van der Waals surface area contributed by atoms with E-state index in [9.17, 15) is 14.4 Å². The molecule has 1 aliphatic heterocycles. The number of hydrogen-bond donors (Lipinski definition) is 0. The van der Waals surface area contributed by atoms with Gasteiger partial charge in [-0.3, -0.25) is 14.4 Å². The molecule has 0 radical (unpaired) electrons. The van der Waals surface area contributed by atoms with Crippen molar-refractivity contribution < 1.29 is 28.6 Å². The summed E-state index contributed by atoms with van der Waals surface area (Å²) < 4.78 is 17.4. The van der Waals surface area contributed by atoms with Crippen molar-refractivity contribution in [2.45, 2.75) is 228 Å². The quantitative estimate of drug-likeness (QED) is 0.0355. The molecule has 0 amide bonds. The number of likely N-dealkylation sites (tertiary alicyclic amines) is 1. The van der Waals surface area contributed by atoms with Gasteiger partial charge >= 0.3 is 17.9 Å². The number of esters is 3. The zero-order chi connectivity index (χ0) is 41.4. The Labute approximate surface area is 347 Å². The minimum Gasteiger partial charge on any atom is -0.465 e. The van der Waals surface area contributed by atoms with Crippen LogP contribution in [0.25, 0.3) is 0 Å². The van der Waals surface area contributed by atoms with Crippen molar-refractivity contribution in [3.63, 3.8) is 0 Å². The first kappa shape index (κ1) is 52.4. The van der Waals surface area contributed by atoms with Crippen molar-refractivity contribution in [2.75, 3.05) is 32.8 Å². The van der Waals surface area contributed by atoms with Crippen LogP contribution in [-0.4, -0.2) is 61.8 Å². The van der Waals surface area contributed by atoms with Gasteiger partial charge in [-0.25, -0.2) is 0 Å². The van der Waals surface area contributed by atoms with E-state index in [-0.39, 0.29) is 24.0 Å². The Morgan fingerprint density at radius 1 is 0.446 bits per heavy atom. The van der Waals surface area contributed by atoms with Crippen LogP contribution in [0.3, 0.4) is 0 Å². The molecule has 1 saturated heterocycles. The Bertz CT molecular complexity index is 900. The lowest BCUT2D eigenvalue weighted by Crippen LogP contribution is -2.32. The van der Waals surface area contributed by atoms with Crippen molar-refractivity contribution in [3.8, 4) is 0 Å². The molecule has 0 saturated carbocycles. The Kier molecular flexibility index (Phi) is 32.0. The van der Waals surface area contributed by atoms with Crippen LogP contribution in [-0.2, 0) is 28.6 Å². The Morgan fingerprint density at radius 3 is 1.23 bits per heavy atom. The first-order valence-corrected chi connectivity index (χ1v) is 24.1. The van der Waals surface area contributed by atoms with Crippen LogP contribution >= 0.6 is 0 Å². The lowest BCUT2D eigenvalue weighted by atomic mass is 9.89. The number of carbonyl (C=O) groups excluding carboxylic acids is 3. The molecule has 2 atom stereocenters. The van der Waals surface area contributed by atoms with Crippen LogP contribution in [0.4, 0.5) is 0 Å². The van der Waals surface area contributed by atoms with E-state index in [1.54, 1.807) is 0 Å². The largest absolute Gasteiger partial charge is 0.465 e. The third-order valence-electron chi connectivity index (χ3n) is 12.2. The smallest absolute Gasteiger partial charge is 0.307 e. The molecule has 330 valence electrons. The predicted molar refractivity (Wildman–Crippen MR) is 235 cm³/mol. The van der Waals surface area contributed by atoms with Crippen molar-refractivity contribution in [2.24, 2.45) is 35.5 Å². The summed E-state index contributed by atoms with van der Waals surface area (Å²) in [6.45, 7) is 22.1. The normalized spacial score (nSPS) is 15.4. The number of rotatable bonds is 36. The van der Waals surface area contributed by atoms with E-state index >= 15 is 0 Å². The van der Waals surface area contributed by atoms with Gasteiger partial charge in [0.25, 0.3) is 0 Å². The molecule has 7 heteroatoms. The van der Waals surface area contributed by atoms with Crippen LogP contribution in [0, 0.1) is 35.5 Å². The monoisotopic (exact) mass is 792 g/mol. The van der Waals surface area contributed by atoms with Gasteiger partial charge in [0, 0.05) is 19.4 Å². The number of hydrogen-bond acceptors (Lipinski definition) is 7. The molecular formula is C49H93NO6. The molecule has 1 rings (SSSR count). The standard InChI is InChI=1S/C49H93NO6/c1-40(2)30-32-44(42(5)6)38-54-47(51)28-22-17-13-9-11-15-20-26-46(56-49(53)34-37-50-35-24-19-25-36-50)27-21-16-12-10-14-18-23-29-48(52)55-39-45(43(7)8)33-31-41(3)4/h40-46H,9-39H2,1-8H3. The minimum atomic E-state index is -0.0337. The second-order valence-electron chi connectivity index (χ2n) is 19.1. The maximum absolute atomic E-state index is 12.9. The second kappa shape index (κ2) is 34.3. The van der Waals surface area contributed by atoms with E-state index in [0.29, 0.717) is 68.0 Å². The molecule has 2 unspecified atom stereocenters. The van der Waals surface area contributed by atoms with Gasteiger partial charge in [-0.05, 0) is 113 Å². The van der Waals surface area contributed by atoms with Crippen LogP contribution in [0.2, 0.25) is 0 Å². The Balaban J connectivity index is 2.26. The summed E-state index contributed by atoms with van der Waals surface area (Å²) in [5, 5.41) is 0. The summed E-state index contributed by atoms with van der Waals surface area (Å²) in [6.07, 6.45) is 27.6. The van der Waals surface area contributed by atoms with E-state index in [0.717, 1.165) is 96.7 Å². The summed E-state index contributed by atoms with van der Waals surface area (Å²) in [5.41, 5.74) is 0. The van der Waals surface area contributed by atoms with E-state index < -0.39 is 0 Å². The summed E-state index contributed by atoms with van der Waals surface area (Å²) >= 11 is 0. The molecule has 0 N–H and O–H groups in total. The lowest BCUT2D eigenvalue weighted by Gasteiger charge is -2.26. The molecule has 7 nitrogen and oxygen atoms in total. The molecule has 56 heavy (non-hydrogen) atoms. The summed E-state index contributed by atoms with van der Waals surface area (Å²) in [7, 11) is 0. The van der Waals surface area contributed by atoms with Crippen LogP contribution in [0.5, 0.6) is 0 Å². The van der Waals surface area contributed by atoms with Crippen molar-refractivity contribution >= 4 is 17.9 Å². The highest BCUT2D eigenvalue weighted by molar-refractivity contribution is 5.70. The molecule has 0 bridgehead atoms. The summed E-state index contributed by atoms with van der Waals surface area (Å²) in [6, 6.07) is 0. The summed E-state index contributed by atoms with van der Waals surface area (Å²) in [5.74, 6) is 3.28. The van der Waals surface area contributed by atoms with Crippen molar-refractivity contribution in [1.82, 2.24) is 4.90 Å². The van der Waals surface area contributed by atoms with Gasteiger partial charge < -0.3 is 19.1 Å². The zero-order valence-corrected chi connectivity index (χ0v) is 38.4. The summed E-state index contributed by atoms with van der Waals surface area (Å²) in [4.78, 5) is 39.9. The molecule has 0 aromatic rings. The van der Waals surface area contributed by atoms with Crippen LogP contribution < -0.4 is 0 Å². The maximum atomic E-state index is 12.9. The average molecular weight is 792 g/mol.